The van der Waals surface area contributed by atoms with Gasteiger partial charge in [0.2, 0.25) is 5.91 Å². The van der Waals surface area contributed by atoms with E-state index in [1.165, 1.54) is 0 Å². The summed E-state index contributed by atoms with van der Waals surface area (Å²) >= 11 is 0. The minimum Gasteiger partial charge on any atom is -0.273 e. The van der Waals surface area contributed by atoms with Gasteiger partial charge in [-0.15, -0.1) is 0 Å². The van der Waals surface area contributed by atoms with E-state index in [0.29, 0.717) is 0 Å². The molecule has 0 aromatic rings. The first-order chi connectivity index (χ1) is 5.07. The molecule has 0 heterocycles. The van der Waals surface area contributed by atoms with Crippen LogP contribution in [0.1, 0.15) is 40.5 Å². The summed E-state index contributed by atoms with van der Waals surface area (Å²) in [5, 5.41) is 4.03. The fraction of sp³-hybridized carbons (Fsp3) is 0.889. The second-order valence-electron chi connectivity index (χ2n) is 3.26. The van der Waals surface area contributed by atoms with Crippen molar-refractivity contribution in [1.82, 2.24) is 5.32 Å². The van der Waals surface area contributed by atoms with Crippen molar-refractivity contribution < 1.29 is 4.79 Å². The molecule has 1 radical (unpaired) electrons. The van der Waals surface area contributed by atoms with Gasteiger partial charge < -0.3 is 0 Å². The Labute approximate surface area is 69.4 Å². The van der Waals surface area contributed by atoms with Crippen LogP contribution in [0.25, 0.3) is 0 Å². The van der Waals surface area contributed by atoms with Crippen molar-refractivity contribution >= 4 is 5.91 Å². The number of hydrogen-bond acceptors (Lipinski definition) is 1. The standard InChI is InChI=1S/C9H18NO/c1-5-6-8(4)10-9(11)7(2)3/h7-8H,5-6H2,1-4H3. The summed E-state index contributed by atoms with van der Waals surface area (Å²) in [5.41, 5.74) is 0. The van der Waals surface area contributed by atoms with Crippen molar-refractivity contribution in [2.45, 2.75) is 46.6 Å². The van der Waals surface area contributed by atoms with Crippen LogP contribution < -0.4 is 5.32 Å². The second kappa shape index (κ2) is 5.16. The van der Waals surface area contributed by atoms with Crippen molar-refractivity contribution in [3.05, 3.63) is 0 Å². The van der Waals surface area contributed by atoms with Crippen LogP contribution in [0.3, 0.4) is 0 Å². The van der Waals surface area contributed by atoms with E-state index in [1.54, 1.807) is 0 Å². The molecule has 0 saturated heterocycles. The normalized spacial score (nSPS) is 13.2. The Morgan fingerprint density at radius 3 is 2.27 bits per heavy atom. The van der Waals surface area contributed by atoms with Crippen LogP contribution in [0, 0.1) is 5.92 Å². The van der Waals surface area contributed by atoms with Crippen molar-refractivity contribution in [2.75, 3.05) is 0 Å². The van der Waals surface area contributed by atoms with Crippen LogP contribution in [-0.2, 0) is 4.79 Å². The molecular formula is C9H18NO. The highest BCUT2D eigenvalue weighted by Gasteiger charge is 2.11. The first-order valence-corrected chi connectivity index (χ1v) is 4.32. The van der Waals surface area contributed by atoms with E-state index in [2.05, 4.69) is 12.2 Å². The van der Waals surface area contributed by atoms with E-state index in [0.717, 1.165) is 12.8 Å². The molecule has 1 atom stereocenters. The zero-order chi connectivity index (χ0) is 8.85. The molecule has 0 N–H and O–H groups in total. The molecule has 2 heteroatoms. The average Bonchev–Trinajstić information content (AvgIpc) is 1.87. The van der Waals surface area contributed by atoms with Crippen LogP contribution >= 0.6 is 0 Å². The first kappa shape index (κ1) is 10.5. The average molecular weight is 156 g/mol. The maximum absolute atomic E-state index is 11.1. The summed E-state index contributed by atoms with van der Waals surface area (Å²) in [5.74, 6) is 0.0836. The minimum absolute atomic E-state index is 0.0333. The molecule has 0 rings (SSSR count). The third-order valence-electron chi connectivity index (χ3n) is 1.55. The smallest absolute Gasteiger partial charge is 0.243 e. The van der Waals surface area contributed by atoms with Gasteiger partial charge in [0.05, 0.1) is 6.04 Å². The minimum atomic E-state index is 0.0333. The highest BCUT2D eigenvalue weighted by Crippen LogP contribution is 1.99. The zero-order valence-corrected chi connectivity index (χ0v) is 7.92. The van der Waals surface area contributed by atoms with E-state index in [-0.39, 0.29) is 17.9 Å². The van der Waals surface area contributed by atoms with Gasteiger partial charge in [0, 0.05) is 5.92 Å². The summed E-state index contributed by atoms with van der Waals surface area (Å²) in [4.78, 5) is 11.1. The molecule has 2 nitrogen and oxygen atoms in total. The van der Waals surface area contributed by atoms with Gasteiger partial charge in [-0.2, -0.15) is 0 Å². The topological polar surface area (TPSA) is 31.2 Å². The molecule has 1 unspecified atom stereocenters. The number of nitrogens with zero attached hydrogens (tertiary/aromatic N) is 1. The van der Waals surface area contributed by atoms with Gasteiger partial charge in [0.1, 0.15) is 0 Å². The van der Waals surface area contributed by atoms with Crippen molar-refractivity contribution in [1.29, 1.82) is 0 Å². The molecular weight excluding hydrogens is 138 g/mol. The van der Waals surface area contributed by atoms with Crippen molar-refractivity contribution in [3.63, 3.8) is 0 Å². The maximum Gasteiger partial charge on any atom is 0.243 e. The molecule has 0 aromatic carbocycles. The van der Waals surface area contributed by atoms with Crippen molar-refractivity contribution in [2.24, 2.45) is 5.92 Å². The molecule has 11 heavy (non-hydrogen) atoms. The van der Waals surface area contributed by atoms with Crippen LogP contribution in [0.4, 0.5) is 0 Å². The molecule has 0 saturated carbocycles. The number of hydrogen-bond donors (Lipinski definition) is 0. The Bertz CT molecular complexity index is 121. The number of amides is 1. The van der Waals surface area contributed by atoms with E-state index in [9.17, 15) is 4.79 Å². The molecule has 65 valence electrons. The summed E-state index contributed by atoms with van der Waals surface area (Å²) in [6.07, 6.45) is 2.11. The summed E-state index contributed by atoms with van der Waals surface area (Å²) in [7, 11) is 0. The van der Waals surface area contributed by atoms with Crippen LogP contribution in [0.5, 0.6) is 0 Å². The molecule has 0 aliphatic heterocycles. The maximum atomic E-state index is 11.1. The van der Waals surface area contributed by atoms with Crippen LogP contribution in [0.2, 0.25) is 0 Å². The Morgan fingerprint density at radius 1 is 1.36 bits per heavy atom. The fourth-order valence-corrected chi connectivity index (χ4v) is 0.849. The van der Waals surface area contributed by atoms with Crippen LogP contribution in [-0.4, -0.2) is 11.9 Å². The van der Waals surface area contributed by atoms with Gasteiger partial charge >= 0.3 is 0 Å². The lowest BCUT2D eigenvalue weighted by Gasteiger charge is -2.10. The number of carbonyl (C=O) groups excluding carboxylic acids is 1. The number of rotatable bonds is 4. The molecule has 0 aliphatic rings. The van der Waals surface area contributed by atoms with Gasteiger partial charge in [-0.3, -0.25) is 4.79 Å². The summed E-state index contributed by atoms with van der Waals surface area (Å²) in [6, 6.07) is 0.204. The summed E-state index contributed by atoms with van der Waals surface area (Å²) < 4.78 is 0. The zero-order valence-electron chi connectivity index (χ0n) is 7.92. The number of carbonyl (C=O) groups is 1. The third-order valence-corrected chi connectivity index (χ3v) is 1.55. The van der Waals surface area contributed by atoms with E-state index in [1.807, 2.05) is 20.8 Å². The lowest BCUT2D eigenvalue weighted by atomic mass is 10.1. The highest BCUT2D eigenvalue weighted by molar-refractivity contribution is 5.77. The largest absolute Gasteiger partial charge is 0.273 e. The van der Waals surface area contributed by atoms with E-state index < -0.39 is 0 Å². The fourth-order valence-electron chi connectivity index (χ4n) is 0.849. The van der Waals surface area contributed by atoms with Gasteiger partial charge in [0.15, 0.2) is 0 Å². The quantitative estimate of drug-likeness (QED) is 0.612. The molecule has 1 amide bonds. The van der Waals surface area contributed by atoms with Crippen molar-refractivity contribution in [3.8, 4) is 0 Å². The Balaban J connectivity index is 3.57. The molecule has 0 aliphatic carbocycles. The highest BCUT2D eigenvalue weighted by atomic mass is 16.1. The lowest BCUT2D eigenvalue weighted by molar-refractivity contribution is -0.125. The van der Waals surface area contributed by atoms with Gasteiger partial charge in [0.25, 0.3) is 0 Å². The Morgan fingerprint density at radius 2 is 1.91 bits per heavy atom. The Hall–Kier alpha value is -0.530. The lowest BCUT2D eigenvalue weighted by Crippen LogP contribution is -2.28. The second-order valence-corrected chi connectivity index (χ2v) is 3.26. The SMILES string of the molecule is CCCC(C)[N]C(=O)C(C)C. The molecule has 0 spiro atoms. The third kappa shape index (κ3) is 4.82. The predicted octanol–water partition coefficient (Wildman–Crippen LogP) is 1.96. The monoisotopic (exact) mass is 156 g/mol. The van der Waals surface area contributed by atoms with Gasteiger partial charge in [-0.05, 0) is 13.3 Å². The van der Waals surface area contributed by atoms with E-state index >= 15 is 0 Å². The van der Waals surface area contributed by atoms with Gasteiger partial charge in [-0.25, -0.2) is 5.32 Å². The molecule has 0 aromatic heterocycles. The molecule has 0 bridgehead atoms. The molecule has 0 fully saturated rings. The predicted molar refractivity (Wildman–Crippen MR) is 46.3 cm³/mol. The summed E-state index contributed by atoms with van der Waals surface area (Å²) in [6.45, 7) is 7.85. The first-order valence-electron chi connectivity index (χ1n) is 4.32. The van der Waals surface area contributed by atoms with E-state index in [4.69, 9.17) is 0 Å². The van der Waals surface area contributed by atoms with Gasteiger partial charge in [-0.1, -0.05) is 27.2 Å². The van der Waals surface area contributed by atoms with Crippen LogP contribution in [0.15, 0.2) is 0 Å². The Kier molecular flexibility index (Phi) is 4.92.